The molecule has 1 fully saturated rings. The second-order valence-electron chi connectivity index (χ2n) is 4.36. The Balaban J connectivity index is 1.81. The summed E-state index contributed by atoms with van der Waals surface area (Å²) in [6.45, 7) is 4.17. The SMILES string of the molecule is CCOC(=O)N1CCN(C(=O)C=Cc2ccco2)CC1. The lowest BCUT2D eigenvalue weighted by molar-refractivity contribution is -0.127. The predicted molar refractivity (Wildman–Crippen MR) is 72.9 cm³/mol. The number of hydrogen-bond donors (Lipinski definition) is 0. The van der Waals surface area contributed by atoms with Crippen molar-refractivity contribution in [2.75, 3.05) is 32.8 Å². The molecule has 2 amide bonds. The lowest BCUT2D eigenvalue weighted by Gasteiger charge is -2.33. The summed E-state index contributed by atoms with van der Waals surface area (Å²) in [6.07, 6.45) is 4.37. The minimum atomic E-state index is -0.314. The van der Waals surface area contributed by atoms with E-state index in [0.29, 0.717) is 38.5 Å². The van der Waals surface area contributed by atoms with Gasteiger partial charge < -0.3 is 19.0 Å². The van der Waals surface area contributed by atoms with Gasteiger partial charge >= 0.3 is 6.09 Å². The van der Waals surface area contributed by atoms with E-state index in [0.717, 1.165) is 0 Å². The molecule has 0 radical (unpaired) electrons. The van der Waals surface area contributed by atoms with Gasteiger partial charge in [0.15, 0.2) is 0 Å². The molecule has 1 aromatic heterocycles. The molecule has 0 aromatic carbocycles. The van der Waals surface area contributed by atoms with E-state index in [9.17, 15) is 9.59 Å². The van der Waals surface area contributed by atoms with Crippen LogP contribution < -0.4 is 0 Å². The van der Waals surface area contributed by atoms with Crippen LogP contribution in [0.4, 0.5) is 4.79 Å². The van der Waals surface area contributed by atoms with Crippen molar-refractivity contribution in [3.8, 4) is 0 Å². The van der Waals surface area contributed by atoms with Crippen LogP contribution in [0.1, 0.15) is 12.7 Å². The van der Waals surface area contributed by atoms with Crippen molar-refractivity contribution in [3.63, 3.8) is 0 Å². The van der Waals surface area contributed by atoms with Gasteiger partial charge in [-0.25, -0.2) is 4.79 Å². The molecule has 6 nitrogen and oxygen atoms in total. The van der Waals surface area contributed by atoms with Crippen LogP contribution in [0.3, 0.4) is 0 Å². The maximum atomic E-state index is 12.0. The van der Waals surface area contributed by atoms with Crippen LogP contribution in [0.5, 0.6) is 0 Å². The molecule has 1 aliphatic rings. The van der Waals surface area contributed by atoms with Gasteiger partial charge in [-0.05, 0) is 25.1 Å². The topological polar surface area (TPSA) is 63.0 Å². The lowest BCUT2D eigenvalue weighted by Crippen LogP contribution is -2.50. The fraction of sp³-hybridized carbons (Fsp3) is 0.429. The summed E-state index contributed by atoms with van der Waals surface area (Å²) in [7, 11) is 0. The number of carbonyl (C=O) groups is 2. The van der Waals surface area contributed by atoms with Gasteiger partial charge in [0.1, 0.15) is 5.76 Å². The van der Waals surface area contributed by atoms with E-state index in [-0.39, 0.29) is 12.0 Å². The number of carbonyl (C=O) groups excluding carboxylic acids is 2. The number of piperazine rings is 1. The van der Waals surface area contributed by atoms with E-state index in [1.54, 1.807) is 41.2 Å². The lowest BCUT2D eigenvalue weighted by atomic mass is 10.3. The van der Waals surface area contributed by atoms with Gasteiger partial charge in [-0.15, -0.1) is 0 Å². The Morgan fingerprint density at radius 1 is 1.30 bits per heavy atom. The highest BCUT2D eigenvalue weighted by molar-refractivity contribution is 5.91. The third-order valence-electron chi connectivity index (χ3n) is 3.05. The fourth-order valence-corrected chi connectivity index (χ4v) is 1.97. The summed E-state index contributed by atoms with van der Waals surface area (Å²) in [5, 5.41) is 0. The molecule has 2 heterocycles. The number of amides is 2. The number of ether oxygens (including phenoxy) is 1. The first kappa shape index (κ1) is 14.2. The van der Waals surface area contributed by atoms with E-state index in [1.807, 2.05) is 0 Å². The molecule has 0 N–H and O–H groups in total. The molecular weight excluding hydrogens is 260 g/mol. The highest BCUT2D eigenvalue weighted by atomic mass is 16.6. The summed E-state index contributed by atoms with van der Waals surface area (Å²) in [4.78, 5) is 26.8. The van der Waals surface area contributed by atoms with E-state index < -0.39 is 0 Å². The minimum Gasteiger partial charge on any atom is -0.465 e. The van der Waals surface area contributed by atoms with Crippen molar-refractivity contribution in [2.24, 2.45) is 0 Å². The van der Waals surface area contributed by atoms with Crippen molar-refractivity contribution >= 4 is 18.1 Å². The van der Waals surface area contributed by atoms with E-state index >= 15 is 0 Å². The van der Waals surface area contributed by atoms with Crippen LogP contribution in [0.2, 0.25) is 0 Å². The Kier molecular flexibility index (Phi) is 4.81. The normalized spacial score (nSPS) is 15.7. The maximum absolute atomic E-state index is 12.0. The number of rotatable bonds is 3. The number of nitrogens with zero attached hydrogens (tertiary/aromatic N) is 2. The van der Waals surface area contributed by atoms with Gasteiger partial charge in [0.25, 0.3) is 0 Å². The molecule has 20 heavy (non-hydrogen) atoms. The molecule has 6 heteroatoms. The molecule has 1 saturated heterocycles. The van der Waals surface area contributed by atoms with Crippen molar-refractivity contribution in [1.29, 1.82) is 0 Å². The molecule has 0 saturated carbocycles. The van der Waals surface area contributed by atoms with Crippen molar-refractivity contribution in [2.45, 2.75) is 6.92 Å². The first-order valence-corrected chi connectivity index (χ1v) is 6.63. The first-order chi connectivity index (χ1) is 9.70. The molecule has 1 aliphatic heterocycles. The predicted octanol–water partition coefficient (Wildman–Crippen LogP) is 1.59. The Labute approximate surface area is 117 Å². The zero-order valence-corrected chi connectivity index (χ0v) is 11.4. The van der Waals surface area contributed by atoms with Crippen LogP contribution in [0, 0.1) is 0 Å². The van der Waals surface area contributed by atoms with Crippen LogP contribution in [0.15, 0.2) is 28.9 Å². The van der Waals surface area contributed by atoms with Gasteiger partial charge in [-0.3, -0.25) is 4.79 Å². The molecule has 2 rings (SSSR count). The van der Waals surface area contributed by atoms with Gasteiger partial charge in [0.2, 0.25) is 5.91 Å². The summed E-state index contributed by atoms with van der Waals surface area (Å²) in [6, 6.07) is 3.55. The summed E-state index contributed by atoms with van der Waals surface area (Å²) < 4.78 is 10.1. The summed E-state index contributed by atoms with van der Waals surface area (Å²) in [5.41, 5.74) is 0. The highest BCUT2D eigenvalue weighted by Crippen LogP contribution is 2.07. The van der Waals surface area contributed by atoms with Gasteiger partial charge in [0.05, 0.1) is 12.9 Å². The number of hydrogen-bond acceptors (Lipinski definition) is 4. The van der Waals surface area contributed by atoms with E-state index in [2.05, 4.69) is 0 Å². The Morgan fingerprint density at radius 2 is 2.00 bits per heavy atom. The van der Waals surface area contributed by atoms with Gasteiger partial charge in [0, 0.05) is 32.3 Å². The molecule has 0 unspecified atom stereocenters. The second kappa shape index (κ2) is 6.79. The minimum absolute atomic E-state index is 0.0788. The molecule has 1 aromatic rings. The summed E-state index contributed by atoms with van der Waals surface area (Å²) >= 11 is 0. The van der Waals surface area contributed by atoms with Gasteiger partial charge in [-0.1, -0.05) is 0 Å². The molecular formula is C14H18N2O4. The van der Waals surface area contributed by atoms with Crippen LogP contribution in [-0.4, -0.2) is 54.6 Å². The van der Waals surface area contributed by atoms with E-state index in [1.165, 1.54) is 6.08 Å². The van der Waals surface area contributed by atoms with Crippen molar-refractivity contribution in [3.05, 3.63) is 30.2 Å². The van der Waals surface area contributed by atoms with Gasteiger partial charge in [-0.2, -0.15) is 0 Å². The molecule has 0 aliphatic carbocycles. The maximum Gasteiger partial charge on any atom is 0.409 e. The second-order valence-corrected chi connectivity index (χ2v) is 4.36. The zero-order chi connectivity index (χ0) is 14.4. The Hall–Kier alpha value is -2.24. The molecule has 108 valence electrons. The fourth-order valence-electron chi connectivity index (χ4n) is 1.97. The molecule has 0 atom stereocenters. The van der Waals surface area contributed by atoms with Crippen LogP contribution in [-0.2, 0) is 9.53 Å². The smallest absolute Gasteiger partial charge is 0.409 e. The number of furan rings is 1. The molecule has 0 bridgehead atoms. The van der Waals surface area contributed by atoms with Crippen molar-refractivity contribution in [1.82, 2.24) is 9.80 Å². The molecule has 0 spiro atoms. The monoisotopic (exact) mass is 278 g/mol. The Bertz CT molecular complexity index is 473. The average molecular weight is 278 g/mol. The van der Waals surface area contributed by atoms with Crippen molar-refractivity contribution < 1.29 is 18.7 Å². The first-order valence-electron chi connectivity index (χ1n) is 6.63. The third kappa shape index (κ3) is 3.63. The van der Waals surface area contributed by atoms with Crippen LogP contribution in [0.25, 0.3) is 6.08 Å². The highest BCUT2D eigenvalue weighted by Gasteiger charge is 2.23. The standard InChI is InChI=1S/C14H18N2O4/c1-2-19-14(18)16-9-7-15(8-10-16)13(17)6-5-12-4-3-11-20-12/h3-6,11H,2,7-10H2,1H3. The van der Waals surface area contributed by atoms with E-state index in [4.69, 9.17) is 9.15 Å². The van der Waals surface area contributed by atoms with Crippen LogP contribution >= 0.6 is 0 Å². The summed E-state index contributed by atoms with van der Waals surface area (Å²) in [5.74, 6) is 0.563. The third-order valence-corrected chi connectivity index (χ3v) is 3.05. The zero-order valence-electron chi connectivity index (χ0n) is 11.4. The Morgan fingerprint density at radius 3 is 2.60 bits per heavy atom. The largest absolute Gasteiger partial charge is 0.465 e. The average Bonchev–Trinajstić information content (AvgIpc) is 2.98. The quantitative estimate of drug-likeness (QED) is 0.788.